The summed E-state index contributed by atoms with van der Waals surface area (Å²) >= 11 is 0. The Morgan fingerprint density at radius 1 is 1.41 bits per heavy atom. The Hall–Kier alpha value is -1.96. The maximum Gasteiger partial charge on any atom is 0.248 e. The molecule has 2 heterocycles. The first kappa shape index (κ1) is 16.4. The first-order chi connectivity index (χ1) is 10.3. The van der Waals surface area contributed by atoms with Crippen molar-refractivity contribution in [2.45, 2.75) is 45.4 Å². The summed E-state index contributed by atoms with van der Waals surface area (Å²) in [5.74, 6) is -0.501. The number of nitrogens with zero attached hydrogens (tertiary/aromatic N) is 4. The molecule has 2 amide bonds. The van der Waals surface area contributed by atoms with Crippen LogP contribution in [0.1, 0.15) is 33.2 Å². The van der Waals surface area contributed by atoms with E-state index < -0.39 is 23.6 Å². The average Bonchev–Trinajstić information content (AvgIpc) is 3.05. The number of hydrogen-bond donors (Lipinski definition) is 2. The summed E-state index contributed by atoms with van der Waals surface area (Å²) < 4.78 is 1.51. The fraction of sp³-hybridized carbons (Fsp3) is 0.714. The van der Waals surface area contributed by atoms with Crippen molar-refractivity contribution in [2.24, 2.45) is 5.41 Å². The first-order valence-corrected chi connectivity index (χ1v) is 7.31. The average molecular weight is 309 g/mol. The lowest BCUT2D eigenvalue weighted by atomic mass is 9.85. The van der Waals surface area contributed by atoms with E-state index in [0.29, 0.717) is 0 Å². The van der Waals surface area contributed by atoms with Crippen LogP contribution >= 0.6 is 0 Å². The molecule has 8 heteroatoms. The largest absolute Gasteiger partial charge is 0.391 e. The highest BCUT2D eigenvalue weighted by molar-refractivity contribution is 5.90. The zero-order valence-corrected chi connectivity index (χ0v) is 13.4. The molecule has 8 nitrogen and oxygen atoms in total. The lowest BCUT2D eigenvalue weighted by Gasteiger charge is -2.34. The van der Waals surface area contributed by atoms with Gasteiger partial charge < -0.3 is 15.3 Å². The smallest absolute Gasteiger partial charge is 0.248 e. The maximum absolute atomic E-state index is 13.0. The van der Waals surface area contributed by atoms with Crippen LogP contribution in [0.5, 0.6) is 0 Å². The van der Waals surface area contributed by atoms with E-state index in [0.717, 1.165) is 0 Å². The number of rotatable bonds is 3. The normalized spacial score (nSPS) is 23.4. The van der Waals surface area contributed by atoms with Gasteiger partial charge in [-0.05, 0) is 5.41 Å². The molecular formula is C14H23N5O3. The van der Waals surface area contributed by atoms with Gasteiger partial charge in [-0.25, -0.2) is 4.68 Å². The predicted octanol–water partition coefficient (Wildman–Crippen LogP) is -0.427. The molecule has 0 spiro atoms. The number of hydrogen-bond acceptors (Lipinski definition) is 5. The number of carbonyl (C=O) groups is 2. The number of amides is 2. The van der Waals surface area contributed by atoms with Gasteiger partial charge in [0, 0.05) is 26.2 Å². The summed E-state index contributed by atoms with van der Waals surface area (Å²) in [6.45, 7) is 5.94. The summed E-state index contributed by atoms with van der Waals surface area (Å²) in [5.41, 5.74) is -0.411. The number of carbonyl (C=O) groups excluding carboxylic acids is 2. The van der Waals surface area contributed by atoms with E-state index in [1.54, 1.807) is 6.20 Å². The van der Waals surface area contributed by atoms with Crippen molar-refractivity contribution in [1.29, 1.82) is 0 Å². The van der Waals surface area contributed by atoms with Gasteiger partial charge in [0.15, 0.2) is 0 Å². The van der Waals surface area contributed by atoms with Gasteiger partial charge in [0.25, 0.3) is 0 Å². The van der Waals surface area contributed by atoms with Gasteiger partial charge in [0.05, 0.1) is 12.3 Å². The zero-order chi connectivity index (χ0) is 16.5. The lowest BCUT2D eigenvalue weighted by molar-refractivity contribution is -0.144. The predicted molar refractivity (Wildman–Crippen MR) is 78.7 cm³/mol. The molecule has 0 aliphatic carbocycles. The van der Waals surface area contributed by atoms with Crippen LogP contribution < -0.4 is 5.32 Å². The fourth-order valence-corrected chi connectivity index (χ4v) is 2.87. The maximum atomic E-state index is 13.0. The number of aliphatic hydroxyl groups is 1. The van der Waals surface area contributed by atoms with Gasteiger partial charge in [-0.3, -0.25) is 9.59 Å². The van der Waals surface area contributed by atoms with Crippen LogP contribution in [0.15, 0.2) is 12.4 Å². The van der Waals surface area contributed by atoms with Gasteiger partial charge in [-0.2, -0.15) is 0 Å². The van der Waals surface area contributed by atoms with E-state index in [2.05, 4.69) is 15.6 Å². The van der Waals surface area contributed by atoms with Crippen LogP contribution in [0.3, 0.4) is 0 Å². The second-order valence-electron chi connectivity index (χ2n) is 6.66. The third kappa shape index (κ3) is 3.11. The van der Waals surface area contributed by atoms with Crippen molar-refractivity contribution in [3.05, 3.63) is 12.4 Å². The van der Waals surface area contributed by atoms with Gasteiger partial charge in [0.2, 0.25) is 11.8 Å². The number of likely N-dealkylation sites (tertiary alicyclic amines) is 1. The van der Waals surface area contributed by atoms with Crippen LogP contribution in [0.25, 0.3) is 0 Å². The Kier molecular flexibility index (Phi) is 4.50. The molecule has 0 bridgehead atoms. The number of β-amino-alcohol motifs (C(OH)–C–C–N with tert-alkyl or cyclic N) is 1. The highest BCUT2D eigenvalue weighted by Gasteiger charge is 2.44. The van der Waals surface area contributed by atoms with Crippen molar-refractivity contribution in [2.75, 3.05) is 13.6 Å². The van der Waals surface area contributed by atoms with Crippen LogP contribution in [0.4, 0.5) is 0 Å². The van der Waals surface area contributed by atoms with Crippen molar-refractivity contribution in [1.82, 2.24) is 25.2 Å². The molecule has 0 aromatic carbocycles. The van der Waals surface area contributed by atoms with Gasteiger partial charge in [-0.15, -0.1) is 5.10 Å². The Morgan fingerprint density at radius 2 is 2.09 bits per heavy atom. The Labute approximate surface area is 129 Å². The first-order valence-electron chi connectivity index (χ1n) is 7.31. The molecule has 122 valence electrons. The SMILES string of the molecule is CNC(=O)C1CC(O)CN1C(=O)C(n1ccnn1)C(C)(C)C. The molecule has 1 aliphatic heterocycles. The quantitative estimate of drug-likeness (QED) is 0.789. The van der Waals surface area contributed by atoms with Crippen LogP contribution in [-0.2, 0) is 9.59 Å². The summed E-state index contributed by atoms with van der Waals surface area (Å²) in [6.07, 6.45) is 2.71. The molecule has 3 unspecified atom stereocenters. The summed E-state index contributed by atoms with van der Waals surface area (Å²) in [4.78, 5) is 26.4. The van der Waals surface area contributed by atoms with Crippen LogP contribution in [-0.4, -0.2) is 62.6 Å². The molecule has 0 saturated carbocycles. The third-order valence-electron chi connectivity index (χ3n) is 3.87. The van der Waals surface area contributed by atoms with Crippen molar-refractivity contribution < 1.29 is 14.7 Å². The fourth-order valence-electron chi connectivity index (χ4n) is 2.87. The highest BCUT2D eigenvalue weighted by atomic mass is 16.3. The van der Waals surface area contributed by atoms with E-state index in [1.807, 2.05) is 20.8 Å². The Balaban J connectivity index is 2.32. The third-order valence-corrected chi connectivity index (χ3v) is 3.87. The second-order valence-corrected chi connectivity index (χ2v) is 6.66. The van der Waals surface area contributed by atoms with Crippen LogP contribution in [0.2, 0.25) is 0 Å². The summed E-state index contributed by atoms with van der Waals surface area (Å²) in [5, 5.41) is 20.1. The van der Waals surface area contributed by atoms with Gasteiger partial charge in [0.1, 0.15) is 12.1 Å². The standard InChI is InChI=1S/C14H23N5O3/c1-14(2,3)11(19-6-5-16-17-19)13(22)18-8-9(20)7-10(18)12(21)15-4/h5-6,9-11,20H,7-8H2,1-4H3,(H,15,21). The molecule has 1 aromatic heterocycles. The molecule has 2 N–H and O–H groups in total. The molecule has 1 saturated heterocycles. The molecule has 0 radical (unpaired) electrons. The highest BCUT2D eigenvalue weighted by Crippen LogP contribution is 2.33. The van der Waals surface area contributed by atoms with Crippen molar-refractivity contribution >= 4 is 11.8 Å². The number of likely N-dealkylation sites (N-methyl/N-ethyl adjacent to an activating group) is 1. The minimum absolute atomic E-state index is 0.151. The minimum atomic E-state index is -0.692. The molecule has 1 aliphatic rings. The second kappa shape index (κ2) is 6.04. The molecule has 2 rings (SSSR count). The van der Waals surface area contributed by atoms with E-state index in [4.69, 9.17) is 0 Å². The van der Waals surface area contributed by atoms with E-state index in [9.17, 15) is 14.7 Å². The lowest BCUT2D eigenvalue weighted by Crippen LogP contribution is -2.49. The van der Waals surface area contributed by atoms with Crippen molar-refractivity contribution in [3.63, 3.8) is 0 Å². The molecule has 3 atom stereocenters. The van der Waals surface area contributed by atoms with E-state index in [-0.39, 0.29) is 24.8 Å². The summed E-state index contributed by atoms with van der Waals surface area (Å²) in [7, 11) is 1.52. The minimum Gasteiger partial charge on any atom is -0.391 e. The van der Waals surface area contributed by atoms with Gasteiger partial charge in [-0.1, -0.05) is 26.0 Å². The molecule has 22 heavy (non-hydrogen) atoms. The Morgan fingerprint density at radius 3 is 2.59 bits per heavy atom. The topological polar surface area (TPSA) is 100 Å². The Bertz CT molecular complexity index is 537. The monoisotopic (exact) mass is 309 g/mol. The number of aromatic nitrogens is 3. The molecule has 1 aromatic rings. The number of aliphatic hydroxyl groups excluding tert-OH is 1. The number of nitrogens with one attached hydrogen (secondary N) is 1. The van der Waals surface area contributed by atoms with Gasteiger partial charge >= 0.3 is 0 Å². The van der Waals surface area contributed by atoms with E-state index in [1.165, 1.54) is 22.8 Å². The molecule has 1 fully saturated rings. The van der Waals surface area contributed by atoms with Crippen LogP contribution in [0, 0.1) is 5.41 Å². The summed E-state index contributed by atoms with van der Waals surface area (Å²) in [6, 6.07) is -1.24. The zero-order valence-electron chi connectivity index (χ0n) is 13.4. The van der Waals surface area contributed by atoms with Crippen molar-refractivity contribution in [3.8, 4) is 0 Å². The van der Waals surface area contributed by atoms with E-state index >= 15 is 0 Å². The molecular weight excluding hydrogens is 286 g/mol.